The predicted octanol–water partition coefficient (Wildman–Crippen LogP) is 1.27. The molecule has 0 saturated carbocycles. The summed E-state index contributed by atoms with van der Waals surface area (Å²) in [7, 11) is -2.22. The molecule has 0 fully saturated rings. The quantitative estimate of drug-likeness (QED) is 0.705. The minimum atomic E-state index is -3.53. The van der Waals surface area contributed by atoms with Crippen LogP contribution in [0, 0.1) is 0 Å². The molecule has 0 atom stereocenters. The van der Waals surface area contributed by atoms with Gasteiger partial charge in [0.25, 0.3) is 15.9 Å². The molecule has 0 spiro atoms. The number of thiophene rings is 1. The van der Waals surface area contributed by atoms with Crippen LogP contribution >= 0.6 is 23.1 Å². The van der Waals surface area contributed by atoms with E-state index < -0.39 is 10.0 Å². The highest BCUT2D eigenvalue weighted by atomic mass is 32.2. The van der Waals surface area contributed by atoms with Crippen molar-refractivity contribution in [3.8, 4) is 0 Å². The molecule has 2 aliphatic heterocycles. The molecule has 2 aliphatic rings. The second-order valence-electron chi connectivity index (χ2n) is 3.43. The van der Waals surface area contributed by atoms with Gasteiger partial charge in [0.15, 0.2) is 0 Å². The van der Waals surface area contributed by atoms with Gasteiger partial charge in [-0.15, -0.1) is 11.3 Å². The Morgan fingerprint density at radius 1 is 1.33 bits per heavy atom. The minimum Gasteiger partial charge on any atom is -0.267 e. The maximum absolute atomic E-state index is 11.9. The highest BCUT2D eigenvalue weighted by Crippen LogP contribution is 2.46. The molecule has 0 aliphatic carbocycles. The van der Waals surface area contributed by atoms with Crippen molar-refractivity contribution in [1.29, 1.82) is 0 Å². The fraction of sp³-hybridized carbons (Fsp3) is 0.375. The zero-order valence-electron chi connectivity index (χ0n) is 7.81. The third-order valence-corrected chi connectivity index (χ3v) is 6.99. The second-order valence-corrected chi connectivity index (χ2v) is 7.43. The van der Waals surface area contributed by atoms with E-state index in [1.54, 1.807) is 11.8 Å². The van der Waals surface area contributed by atoms with Gasteiger partial charge in [-0.3, -0.25) is 4.79 Å². The van der Waals surface area contributed by atoms with Gasteiger partial charge < -0.3 is 0 Å². The third-order valence-electron chi connectivity index (χ3n) is 2.62. The standard InChI is InChI=1S/C8H7NO3S3/c1-9-8(10)6-7(15(9,11)12)4-2-13-3-5(4)14-6/h2-3H2,1H3. The van der Waals surface area contributed by atoms with Crippen molar-refractivity contribution >= 4 is 39.0 Å². The van der Waals surface area contributed by atoms with Gasteiger partial charge in [-0.1, -0.05) is 0 Å². The number of rotatable bonds is 0. The number of hydrogen-bond acceptors (Lipinski definition) is 5. The van der Waals surface area contributed by atoms with Gasteiger partial charge >= 0.3 is 0 Å². The smallest absolute Gasteiger partial charge is 0.267 e. The van der Waals surface area contributed by atoms with E-state index in [4.69, 9.17) is 0 Å². The van der Waals surface area contributed by atoms with Gasteiger partial charge in [-0.25, -0.2) is 12.7 Å². The molecule has 1 aromatic rings. The average molecular weight is 261 g/mol. The van der Waals surface area contributed by atoms with Gasteiger partial charge in [-0.2, -0.15) is 11.8 Å². The van der Waals surface area contributed by atoms with Crippen LogP contribution in [-0.4, -0.2) is 25.7 Å². The molecule has 80 valence electrons. The van der Waals surface area contributed by atoms with Gasteiger partial charge in [0, 0.05) is 23.4 Å². The molecule has 0 aromatic carbocycles. The Morgan fingerprint density at radius 2 is 2.07 bits per heavy atom. The van der Waals surface area contributed by atoms with E-state index in [9.17, 15) is 13.2 Å². The van der Waals surface area contributed by atoms with E-state index >= 15 is 0 Å². The molecular weight excluding hydrogens is 254 g/mol. The summed E-state index contributed by atoms with van der Waals surface area (Å²) in [4.78, 5) is 13.4. The second kappa shape index (κ2) is 2.78. The Labute approximate surface area is 95.3 Å². The van der Waals surface area contributed by atoms with Gasteiger partial charge in [0.2, 0.25) is 0 Å². The van der Waals surface area contributed by atoms with Crippen LogP contribution in [-0.2, 0) is 21.5 Å². The SMILES string of the molecule is CN1C(=O)c2sc3c(c2S1(=O)=O)CSC3. The van der Waals surface area contributed by atoms with E-state index in [2.05, 4.69) is 0 Å². The summed E-state index contributed by atoms with van der Waals surface area (Å²) in [6.45, 7) is 0. The molecule has 0 unspecified atom stereocenters. The summed E-state index contributed by atoms with van der Waals surface area (Å²) in [5, 5.41) is 0. The van der Waals surface area contributed by atoms with Crippen molar-refractivity contribution in [3.05, 3.63) is 15.3 Å². The van der Waals surface area contributed by atoms with E-state index in [-0.39, 0.29) is 10.8 Å². The normalized spacial score (nSPS) is 21.9. The van der Waals surface area contributed by atoms with Crippen molar-refractivity contribution < 1.29 is 13.2 Å². The lowest BCUT2D eigenvalue weighted by Crippen LogP contribution is -2.25. The van der Waals surface area contributed by atoms with Crippen LogP contribution in [0.4, 0.5) is 0 Å². The van der Waals surface area contributed by atoms with Crippen molar-refractivity contribution in [1.82, 2.24) is 4.31 Å². The van der Waals surface area contributed by atoms with Crippen LogP contribution in [0.25, 0.3) is 0 Å². The number of carbonyl (C=O) groups is 1. The first-order chi connectivity index (χ1) is 7.03. The summed E-state index contributed by atoms with van der Waals surface area (Å²) < 4.78 is 24.7. The van der Waals surface area contributed by atoms with E-state index in [0.717, 1.165) is 20.5 Å². The summed E-state index contributed by atoms with van der Waals surface area (Å²) in [6, 6.07) is 0. The average Bonchev–Trinajstić information content (AvgIpc) is 2.75. The van der Waals surface area contributed by atoms with Crippen LogP contribution in [0.3, 0.4) is 0 Å². The molecular formula is C8H7NO3S3. The van der Waals surface area contributed by atoms with Crippen molar-refractivity contribution in [2.24, 2.45) is 0 Å². The first-order valence-electron chi connectivity index (χ1n) is 4.29. The number of nitrogens with zero attached hydrogens (tertiary/aromatic N) is 1. The Hall–Kier alpha value is -0.530. The first-order valence-corrected chi connectivity index (χ1v) is 7.70. The zero-order valence-corrected chi connectivity index (χ0v) is 10.3. The van der Waals surface area contributed by atoms with Crippen molar-refractivity contribution in [2.75, 3.05) is 7.05 Å². The zero-order chi connectivity index (χ0) is 10.8. The number of hydrogen-bond donors (Lipinski definition) is 0. The summed E-state index contributed by atoms with van der Waals surface area (Å²) in [5.41, 5.74) is 0.859. The number of thioether (sulfide) groups is 1. The Kier molecular flexibility index (Phi) is 1.79. The fourth-order valence-corrected chi connectivity index (χ4v) is 6.42. The minimum absolute atomic E-state index is 0.278. The molecule has 1 aromatic heterocycles. The van der Waals surface area contributed by atoms with Crippen LogP contribution in [0.15, 0.2) is 4.90 Å². The lowest BCUT2D eigenvalue weighted by Gasteiger charge is -2.07. The third kappa shape index (κ3) is 1.03. The Morgan fingerprint density at radius 3 is 2.80 bits per heavy atom. The number of amides is 1. The van der Waals surface area contributed by atoms with Crippen LogP contribution in [0.5, 0.6) is 0 Å². The monoisotopic (exact) mass is 261 g/mol. The highest BCUT2D eigenvalue weighted by Gasteiger charge is 2.44. The lowest BCUT2D eigenvalue weighted by atomic mass is 10.3. The maximum atomic E-state index is 11.9. The van der Waals surface area contributed by atoms with Gasteiger partial charge in [0.1, 0.15) is 9.77 Å². The number of fused-ring (bicyclic) bond motifs is 3. The molecule has 4 nitrogen and oxygen atoms in total. The Balaban J connectivity index is 2.38. The van der Waals surface area contributed by atoms with Gasteiger partial charge in [-0.05, 0) is 5.56 Å². The highest BCUT2D eigenvalue weighted by molar-refractivity contribution is 7.98. The summed E-state index contributed by atoms with van der Waals surface area (Å²) in [5.74, 6) is 1.16. The number of carbonyl (C=O) groups excluding carboxylic acids is 1. The Bertz CT molecular complexity index is 572. The molecule has 7 heteroatoms. The van der Waals surface area contributed by atoms with Gasteiger partial charge in [0.05, 0.1) is 0 Å². The van der Waals surface area contributed by atoms with E-state index in [1.165, 1.54) is 18.4 Å². The first kappa shape index (κ1) is 9.68. The molecule has 15 heavy (non-hydrogen) atoms. The maximum Gasteiger partial charge on any atom is 0.278 e. The molecule has 0 bridgehead atoms. The molecule has 0 radical (unpaired) electrons. The predicted molar refractivity (Wildman–Crippen MR) is 58.6 cm³/mol. The van der Waals surface area contributed by atoms with Crippen LogP contribution < -0.4 is 0 Å². The molecule has 3 heterocycles. The van der Waals surface area contributed by atoms with Crippen LogP contribution in [0.1, 0.15) is 20.1 Å². The summed E-state index contributed by atoms with van der Waals surface area (Å²) in [6.07, 6.45) is 0. The summed E-state index contributed by atoms with van der Waals surface area (Å²) >= 11 is 3.03. The molecule has 0 saturated heterocycles. The topological polar surface area (TPSA) is 54.5 Å². The van der Waals surface area contributed by atoms with E-state index in [1.807, 2.05) is 0 Å². The molecule has 1 amide bonds. The lowest BCUT2D eigenvalue weighted by molar-refractivity contribution is 0.0895. The van der Waals surface area contributed by atoms with Crippen molar-refractivity contribution in [2.45, 2.75) is 16.4 Å². The molecule has 3 rings (SSSR count). The largest absolute Gasteiger partial charge is 0.278 e. The number of sulfonamides is 1. The fourth-order valence-electron chi connectivity index (χ4n) is 1.81. The molecule has 0 N–H and O–H groups in total. The van der Waals surface area contributed by atoms with E-state index in [0.29, 0.717) is 10.6 Å². The van der Waals surface area contributed by atoms with Crippen molar-refractivity contribution in [3.63, 3.8) is 0 Å². The van der Waals surface area contributed by atoms with Crippen LogP contribution in [0.2, 0.25) is 0 Å².